The van der Waals surface area contributed by atoms with Crippen LogP contribution in [0, 0.1) is 6.92 Å². The molecule has 146 valence electrons. The molecule has 0 saturated heterocycles. The van der Waals surface area contributed by atoms with E-state index in [1.807, 2.05) is 26.0 Å². The van der Waals surface area contributed by atoms with Crippen molar-refractivity contribution in [2.24, 2.45) is 0 Å². The van der Waals surface area contributed by atoms with Crippen molar-refractivity contribution in [3.8, 4) is 0 Å². The monoisotopic (exact) mass is 385 g/mol. The first-order valence-electron chi connectivity index (χ1n) is 8.49. The molecular formula is C18H27NO6S. The fraction of sp³-hybridized carbons (Fsp3) is 0.556. The summed E-state index contributed by atoms with van der Waals surface area (Å²) < 4.78 is 4.92. The van der Waals surface area contributed by atoms with Crippen LogP contribution in [-0.2, 0) is 9.53 Å². The first kappa shape index (κ1) is 22.4. The van der Waals surface area contributed by atoms with Crippen LogP contribution < -0.4 is 5.32 Å². The van der Waals surface area contributed by atoms with Gasteiger partial charge in [0.05, 0.1) is 6.04 Å². The van der Waals surface area contributed by atoms with Gasteiger partial charge >= 0.3 is 5.30 Å². The second-order valence-electron chi connectivity index (χ2n) is 6.13. The molecule has 26 heavy (non-hydrogen) atoms. The van der Waals surface area contributed by atoms with E-state index in [9.17, 15) is 24.9 Å². The van der Waals surface area contributed by atoms with Crippen LogP contribution in [0.3, 0.4) is 0 Å². The molecule has 1 aromatic rings. The molecule has 0 spiro atoms. The van der Waals surface area contributed by atoms with Gasteiger partial charge in [-0.1, -0.05) is 24.6 Å². The van der Waals surface area contributed by atoms with E-state index in [0.717, 1.165) is 17.3 Å². The van der Waals surface area contributed by atoms with E-state index in [1.54, 1.807) is 12.1 Å². The highest BCUT2D eigenvalue weighted by Crippen LogP contribution is 2.20. The van der Waals surface area contributed by atoms with Crippen LogP contribution in [0.15, 0.2) is 29.2 Å². The van der Waals surface area contributed by atoms with Crippen molar-refractivity contribution < 1.29 is 29.6 Å². The molecule has 0 unspecified atom stereocenters. The van der Waals surface area contributed by atoms with Gasteiger partial charge in [0.2, 0.25) is 5.91 Å². The van der Waals surface area contributed by atoms with E-state index in [1.165, 1.54) is 6.92 Å². The second kappa shape index (κ2) is 11.2. The quantitative estimate of drug-likeness (QED) is 0.377. The molecule has 0 fully saturated rings. The third-order valence-corrected chi connectivity index (χ3v) is 4.51. The number of thioether (sulfide) groups is 1. The lowest BCUT2D eigenvalue weighted by Gasteiger charge is -2.27. The lowest BCUT2D eigenvalue weighted by Crippen LogP contribution is -2.51. The smallest absolute Gasteiger partial charge is 0.372 e. The third kappa shape index (κ3) is 7.74. The summed E-state index contributed by atoms with van der Waals surface area (Å²) in [6, 6.07) is 6.52. The van der Waals surface area contributed by atoms with Gasteiger partial charge in [-0.15, -0.1) is 0 Å². The summed E-state index contributed by atoms with van der Waals surface area (Å²) in [5.41, 5.74) is 1.07. The minimum Gasteiger partial charge on any atom is -0.454 e. The lowest BCUT2D eigenvalue weighted by atomic mass is 10.0. The first-order valence-corrected chi connectivity index (χ1v) is 9.31. The average Bonchev–Trinajstić information content (AvgIpc) is 2.60. The maximum absolute atomic E-state index is 11.8. The fourth-order valence-electron chi connectivity index (χ4n) is 2.15. The van der Waals surface area contributed by atoms with E-state index in [2.05, 4.69) is 5.32 Å². The van der Waals surface area contributed by atoms with Crippen molar-refractivity contribution in [2.75, 3.05) is 6.61 Å². The molecule has 0 aliphatic rings. The van der Waals surface area contributed by atoms with Crippen LogP contribution in [0.2, 0.25) is 0 Å². The number of benzene rings is 1. The normalized spacial score (nSPS) is 15.6. The van der Waals surface area contributed by atoms with Gasteiger partial charge < -0.3 is 25.4 Å². The number of ether oxygens (including phenoxy) is 1. The average molecular weight is 385 g/mol. The molecular weight excluding hydrogens is 358 g/mol. The van der Waals surface area contributed by atoms with Gasteiger partial charge in [-0.3, -0.25) is 4.79 Å². The van der Waals surface area contributed by atoms with Gasteiger partial charge in [-0.05, 0) is 44.2 Å². The molecule has 4 atom stereocenters. The number of aliphatic hydroxyl groups excluding tert-OH is 3. The Morgan fingerprint density at radius 2 is 1.77 bits per heavy atom. The zero-order valence-electron chi connectivity index (χ0n) is 15.2. The number of aliphatic hydroxyl groups is 3. The van der Waals surface area contributed by atoms with Gasteiger partial charge in [-0.2, -0.15) is 0 Å². The highest BCUT2D eigenvalue weighted by atomic mass is 32.2. The predicted molar refractivity (Wildman–Crippen MR) is 98.9 cm³/mol. The number of hydrogen-bond acceptors (Lipinski definition) is 7. The third-order valence-electron chi connectivity index (χ3n) is 3.72. The standard InChI is InChI=1S/C18H27NO6S/c1-4-5-15(21)19-12(3)16(22)17(23)14(20)10-25-18(24)26-13-8-6-11(2)7-9-13/h6-9,12,14,16-17,20,22-23H,4-5,10H2,1-3H3,(H,19,21)/t12-,14+,16+,17+/m0/s1. The molecule has 7 nitrogen and oxygen atoms in total. The largest absolute Gasteiger partial charge is 0.454 e. The highest BCUT2D eigenvalue weighted by molar-refractivity contribution is 8.13. The minimum absolute atomic E-state index is 0.248. The lowest BCUT2D eigenvalue weighted by molar-refractivity contribution is -0.125. The van der Waals surface area contributed by atoms with E-state index < -0.39 is 36.3 Å². The molecule has 0 aliphatic heterocycles. The molecule has 0 heterocycles. The van der Waals surface area contributed by atoms with Crippen molar-refractivity contribution in [1.29, 1.82) is 0 Å². The summed E-state index contributed by atoms with van der Waals surface area (Å²) in [6.45, 7) is 4.84. The van der Waals surface area contributed by atoms with Crippen LogP contribution in [0.25, 0.3) is 0 Å². The van der Waals surface area contributed by atoms with Crippen LogP contribution in [0.4, 0.5) is 4.79 Å². The number of carbonyl (C=O) groups is 2. The zero-order valence-corrected chi connectivity index (χ0v) is 16.0. The van der Waals surface area contributed by atoms with Gasteiger partial charge in [0.15, 0.2) is 0 Å². The van der Waals surface area contributed by atoms with E-state index in [-0.39, 0.29) is 5.91 Å². The molecule has 4 N–H and O–H groups in total. The van der Waals surface area contributed by atoms with E-state index in [4.69, 9.17) is 4.74 Å². The number of rotatable bonds is 9. The molecule has 0 radical (unpaired) electrons. The van der Waals surface area contributed by atoms with Gasteiger partial charge in [0.1, 0.15) is 24.9 Å². The fourth-order valence-corrected chi connectivity index (χ4v) is 2.74. The van der Waals surface area contributed by atoms with Crippen molar-refractivity contribution in [2.45, 2.75) is 62.9 Å². The summed E-state index contributed by atoms with van der Waals surface area (Å²) in [7, 11) is 0. The Morgan fingerprint density at radius 3 is 2.35 bits per heavy atom. The highest BCUT2D eigenvalue weighted by Gasteiger charge is 2.30. The van der Waals surface area contributed by atoms with Crippen LogP contribution in [-0.4, -0.2) is 57.5 Å². The minimum atomic E-state index is -1.57. The summed E-state index contributed by atoms with van der Waals surface area (Å²) >= 11 is 0.861. The number of amides is 1. The molecule has 8 heteroatoms. The Morgan fingerprint density at radius 1 is 1.15 bits per heavy atom. The van der Waals surface area contributed by atoms with Crippen molar-refractivity contribution in [3.05, 3.63) is 29.8 Å². The van der Waals surface area contributed by atoms with Gasteiger partial charge in [0.25, 0.3) is 0 Å². The zero-order chi connectivity index (χ0) is 19.7. The number of aryl methyl sites for hydroxylation is 1. The predicted octanol–water partition coefficient (Wildman–Crippen LogP) is 1.61. The first-order chi connectivity index (χ1) is 12.2. The second-order valence-corrected chi connectivity index (χ2v) is 7.14. The maximum Gasteiger partial charge on any atom is 0.372 e. The number of nitrogens with one attached hydrogen (secondary N) is 1. The van der Waals surface area contributed by atoms with Crippen LogP contribution >= 0.6 is 11.8 Å². The summed E-state index contributed by atoms with van der Waals surface area (Å²) in [6.07, 6.45) is -3.46. The number of carbonyl (C=O) groups excluding carboxylic acids is 2. The topological polar surface area (TPSA) is 116 Å². The van der Waals surface area contributed by atoms with Crippen molar-refractivity contribution in [1.82, 2.24) is 5.32 Å². The summed E-state index contributed by atoms with van der Waals surface area (Å²) in [5.74, 6) is -0.248. The molecule has 0 saturated carbocycles. The molecule has 1 aromatic carbocycles. The van der Waals surface area contributed by atoms with Crippen molar-refractivity contribution in [3.63, 3.8) is 0 Å². The molecule has 0 aliphatic carbocycles. The van der Waals surface area contributed by atoms with Gasteiger partial charge in [-0.25, -0.2) is 4.79 Å². The SMILES string of the molecule is CCCC(=O)N[C@@H](C)[C@@H](O)[C@H](O)[C@H](O)COC(=O)Sc1ccc(C)cc1. The van der Waals surface area contributed by atoms with Crippen molar-refractivity contribution >= 4 is 23.0 Å². The summed E-state index contributed by atoms with van der Waals surface area (Å²) in [5, 5.41) is 31.9. The number of hydrogen-bond donors (Lipinski definition) is 4. The molecule has 1 amide bonds. The maximum atomic E-state index is 11.8. The Balaban J connectivity index is 2.42. The van der Waals surface area contributed by atoms with Crippen LogP contribution in [0.1, 0.15) is 32.3 Å². The van der Waals surface area contributed by atoms with Crippen LogP contribution in [0.5, 0.6) is 0 Å². The Labute approximate surface area is 157 Å². The van der Waals surface area contributed by atoms with E-state index >= 15 is 0 Å². The Hall–Kier alpha value is -1.61. The Bertz CT molecular complexity index is 580. The van der Waals surface area contributed by atoms with Gasteiger partial charge in [0, 0.05) is 11.3 Å². The molecule has 0 aromatic heterocycles. The molecule has 1 rings (SSSR count). The Kier molecular flexibility index (Phi) is 9.64. The molecule has 0 bridgehead atoms. The summed E-state index contributed by atoms with van der Waals surface area (Å²) in [4.78, 5) is 24.0. The van der Waals surface area contributed by atoms with E-state index in [0.29, 0.717) is 17.7 Å².